The zero-order valence-corrected chi connectivity index (χ0v) is 11.5. The molecule has 4 nitrogen and oxygen atoms in total. The van der Waals surface area contributed by atoms with Crippen molar-refractivity contribution in [3.63, 3.8) is 0 Å². The third kappa shape index (κ3) is 4.58. The van der Waals surface area contributed by atoms with Gasteiger partial charge in [0.2, 0.25) is 0 Å². The van der Waals surface area contributed by atoms with E-state index in [-0.39, 0.29) is 0 Å². The predicted molar refractivity (Wildman–Crippen MR) is 72.5 cm³/mol. The molecule has 19 heavy (non-hydrogen) atoms. The SMILES string of the molecule is CC(C)CNCc1occc1COCc1ccco1. The van der Waals surface area contributed by atoms with E-state index in [4.69, 9.17) is 13.6 Å². The van der Waals surface area contributed by atoms with Crippen molar-refractivity contribution >= 4 is 0 Å². The monoisotopic (exact) mass is 263 g/mol. The van der Waals surface area contributed by atoms with Gasteiger partial charge in [0.05, 0.1) is 25.7 Å². The molecule has 104 valence electrons. The number of ether oxygens (including phenoxy) is 1. The molecular weight excluding hydrogens is 242 g/mol. The molecule has 0 unspecified atom stereocenters. The summed E-state index contributed by atoms with van der Waals surface area (Å²) < 4.78 is 16.3. The molecule has 2 heterocycles. The molecule has 0 bridgehead atoms. The van der Waals surface area contributed by atoms with Crippen LogP contribution in [-0.4, -0.2) is 6.54 Å². The molecule has 0 radical (unpaired) electrons. The van der Waals surface area contributed by atoms with Crippen molar-refractivity contribution in [3.8, 4) is 0 Å². The summed E-state index contributed by atoms with van der Waals surface area (Å²) in [4.78, 5) is 0. The van der Waals surface area contributed by atoms with E-state index in [2.05, 4.69) is 19.2 Å². The Kier molecular flexibility index (Phi) is 5.24. The number of hydrogen-bond acceptors (Lipinski definition) is 4. The van der Waals surface area contributed by atoms with Gasteiger partial charge in [0.15, 0.2) is 0 Å². The number of furan rings is 2. The van der Waals surface area contributed by atoms with Crippen LogP contribution in [0, 0.1) is 5.92 Å². The molecule has 2 aromatic heterocycles. The topological polar surface area (TPSA) is 47.5 Å². The predicted octanol–water partition coefficient (Wildman–Crippen LogP) is 3.34. The fraction of sp³-hybridized carbons (Fsp3) is 0.467. The van der Waals surface area contributed by atoms with Crippen LogP contribution in [0.15, 0.2) is 39.6 Å². The second-order valence-electron chi connectivity index (χ2n) is 4.97. The smallest absolute Gasteiger partial charge is 0.129 e. The molecule has 0 spiro atoms. The van der Waals surface area contributed by atoms with Crippen molar-refractivity contribution in [2.45, 2.75) is 33.6 Å². The Morgan fingerprint density at radius 3 is 2.79 bits per heavy atom. The fourth-order valence-corrected chi connectivity index (χ4v) is 1.78. The first kappa shape index (κ1) is 13.9. The lowest BCUT2D eigenvalue weighted by Gasteiger charge is -2.07. The van der Waals surface area contributed by atoms with Crippen LogP contribution >= 0.6 is 0 Å². The highest BCUT2D eigenvalue weighted by atomic mass is 16.5. The molecule has 1 N–H and O–H groups in total. The fourth-order valence-electron chi connectivity index (χ4n) is 1.78. The lowest BCUT2D eigenvalue weighted by atomic mass is 10.2. The molecule has 0 aliphatic heterocycles. The van der Waals surface area contributed by atoms with E-state index < -0.39 is 0 Å². The van der Waals surface area contributed by atoms with E-state index >= 15 is 0 Å². The maximum absolute atomic E-state index is 5.61. The zero-order valence-electron chi connectivity index (χ0n) is 11.5. The first-order valence-corrected chi connectivity index (χ1v) is 6.62. The quantitative estimate of drug-likeness (QED) is 0.793. The second-order valence-corrected chi connectivity index (χ2v) is 4.97. The molecule has 0 amide bonds. The highest BCUT2D eigenvalue weighted by molar-refractivity contribution is 5.15. The average Bonchev–Trinajstić information content (AvgIpc) is 3.01. The van der Waals surface area contributed by atoms with Gasteiger partial charge in [0.25, 0.3) is 0 Å². The molecule has 0 fully saturated rings. The molecule has 0 saturated carbocycles. The summed E-state index contributed by atoms with van der Waals surface area (Å²) in [5, 5.41) is 3.36. The van der Waals surface area contributed by atoms with Crippen molar-refractivity contribution < 1.29 is 13.6 Å². The van der Waals surface area contributed by atoms with Gasteiger partial charge in [-0.05, 0) is 30.7 Å². The van der Waals surface area contributed by atoms with E-state index in [1.165, 1.54) is 0 Å². The van der Waals surface area contributed by atoms with Crippen LogP contribution in [0.3, 0.4) is 0 Å². The molecule has 0 aliphatic rings. The van der Waals surface area contributed by atoms with Crippen LogP contribution in [0.5, 0.6) is 0 Å². The minimum absolute atomic E-state index is 0.483. The number of rotatable bonds is 8. The highest BCUT2D eigenvalue weighted by Gasteiger charge is 2.07. The lowest BCUT2D eigenvalue weighted by molar-refractivity contribution is 0.0917. The van der Waals surface area contributed by atoms with Gasteiger partial charge in [-0.2, -0.15) is 0 Å². The third-order valence-corrected chi connectivity index (χ3v) is 2.76. The minimum Gasteiger partial charge on any atom is -0.468 e. The standard InChI is InChI=1S/C15H21NO3/c1-12(2)8-16-9-15-13(5-7-19-15)10-17-11-14-4-3-6-18-14/h3-7,12,16H,8-11H2,1-2H3. The molecule has 0 saturated heterocycles. The zero-order chi connectivity index (χ0) is 13.5. The molecule has 0 atom stereocenters. The van der Waals surface area contributed by atoms with E-state index in [1.807, 2.05) is 18.2 Å². The van der Waals surface area contributed by atoms with Crippen molar-refractivity contribution in [2.24, 2.45) is 5.92 Å². The van der Waals surface area contributed by atoms with Crippen molar-refractivity contribution in [1.82, 2.24) is 5.32 Å². The maximum Gasteiger partial charge on any atom is 0.129 e. The van der Waals surface area contributed by atoms with Crippen molar-refractivity contribution in [3.05, 3.63) is 47.8 Å². The third-order valence-electron chi connectivity index (χ3n) is 2.76. The highest BCUT2D eigenvalue weighted by Crippen LogP contribution is 2.13. The summed E-state index contributed by atoms with van der Waals surface area (Å²) in [6.07, 6.45) is 3.36. The van der Waals surface area contributed by atoms with Crippen LogP contribution in [0.25, 0.3) is 0 Å². The van der Waals surface area contributed by atoms with E-state index in [9.17, 15) is 0 Å². The Morgan fingerprint density at radius 1 is 1.16 bits per heavy atom. The first-order chi connectivity index (χ1) is 9.25. The van der Waals surface area contributed by atoms with Gasteiger partial charge >= 0.3 is 0 Å². The van der Waals surface area contributed by atoms with Gasteiger partial charge in [0.1, 0.15) is 18.1 Å². The van der Waals surface area contributed by atoms with Crippen LogP contribution in [0.2, 0.25) is 0 Å². The Morgan fingerprint density at radius 2 is 2.05 bits per heavy atom. The van der Waals surface area contributed by atoms with E-state index in [1.54, 1.807) is 12.5 Å². The molecule has 2 rings (SSSR count). The average molecular weight is 263 g/mol. The van der Waals surface area contributed by atoms with Gasteiger partial charge < -0.3 is 18.9 Å². The van der Waals surface area contributed by atoms with Crippen molar-refractivity contribution in [2.75, 3.05) is 6.54 Å². The van der Waals surface area contributed by atoms with E-state index in [0.717, 1.165) is 30.2 Å². The summed E-state index contributed by atoms with van der Waals surface area (Å²) in [7, 11) is 0. The molecule has 0 aliphatic carbocycles. The van der Waals surface area contributed by atoms with Gasteiger partial charge in [0, 0.05) is 5.56 Å². The van der Waals surface area contributed by atoms with E-state index in [0.29, 0.717) is 19.1 Å². The molecule has 2 aromatic rings. The van der Waals surface area contributed by atoms with Crippen molar-refractivity contribution in [1.29, 1.82) is 0 Å². The van der Waals surface area contributed by atoms with Gasteiger partial charge in [-0.25, -0.2) is 0 Å². The van der Waals surface area contributed by atoms with Crippen LogP contribution < -0.4 is 5.32 Å². The number of nitrogens with one attached hydrogen (secondary N) is 1. The van der Waals surface area contributed by atoms with Gasteiger partial charge in [-0.15, -0.1) is 0 Å². The summed E-state index contributed by atoms with van der Waals surface area (Å²) in [6.45, 7) is 7.11. The van der Waals surface area contributed by atoms with Gasteiger partial charge in [-0.3, -0.25) is 0 Å². The minimum atomic E-state index is 0.483. The summed E-state index contributed by atoms with van der Waals surface area (Å²) in [6, 6.07) is 5.72. The van der Waals surface area contributed by atoms with Gasteiger partial charge in [-0.1, -0.05) is 13.8 Å². The second kappa shape index (κ2) is 7.16. The molecular formula is C15H21NO3. The van der Waals surface area contributed by atoms with Crippen LogP contribution in [0.4, 0.5) is 0 Å². The maximum atomic E-state index is 5.61. The largest absolute Gasteiger partial charge is 0.468 e. The first-order valence-electron chi connectivity index (χ1n) is 6.62. The Bertz CT molecular complexity index is 459. The lowest BCUT2D eigenvalue weighted by Crippen LogP contribution is -2.19. The Labute approximate surface area is 113 Å². The summed E-state index contributed by atoms with van der Waals surface area (Å²) in [5.74, 6) is 2.41. The Balaban J connectivity index is 1.75. The van der Waals surface area contributed by atoms with Crippen LogP contribution in [0.1, 0.15) is 30.9 Å². The number of hydrogen-bond donors (Lipinski definition) is 1. The summed E-state index contributed by atoms with van der Waals surface area (Å²) >= 11 is 0. The summed E-state index contributed by atoms with van der Waals surface area (Å²) in [5.41, 5.74) is 1.09. The molecule has 4 heteroatoms. The normalized spacial score (nSPS) is 11.3. The Hall–Kier alpha value is -1.52. The molecule has 0 aromatic carbocycles. The van der Waals surface area contributed by atoms with Crippen LogP contribution in [-0.2, 0) is 24.5 Å².